The average molecular weight is 264 g/mol. The van der Waals surface area contributed by atoms with Gasteiger partial charge in [-0.1, -0.05) is 6.07 Å². The number of amides is 1. The van der Waals surface area contributed by atoms with Gasteiger partial charge in [0.2, 0.25) is 0 Å². The van der Waals surface area contributed by atoms with Gasteiger partial charge in [0.05, 0.1) is 7.11 Å². The summed E-state index contributed by atoms with van der Waals surface area (Å²) in [5, 5.41) is 0. The summed E-state index contributed by atoms with van der Waals surface area (Å²) in [5.74, 6) is 1.80. The summed E-state index contributed by atoms with van der Waals surface area (Å²) in [6.45, 7) is 2.23. The fourth-order valence-electron chi connectivity index (χ4n) is 2.18. The highest BCUT2D eigenvalue weighted by Gasteiger charge is 2.25. The molecule has 1 aromatic carbocycles. The first kappa shape index (κ1) is 13.7. The van der Waals surface area contributed by atoms with Crippen LogP contribution in [0.25, 0.3) is 0 Å². The van der Waals surface area contributed by atoms with Crippen molar-refractivity contribution in [2.75, 3.05) is 33.4 Å². The molecule has 0 aliphatic carbocycles. The minimum absolute atomic E-state index is 0.0127. The van der Waals surface area contributed by atoms with Crippen LogP contribution in [0.2, 0.25) is 0 Å². The van der Waals surface area contributed by atoms with Crippen molar-refractivity contribution in [2.45, 2.75) is 6.42 Å². The van der Waals surface area contributed by atoms with Crippen LogP contribution in [0.3, 0.4) is 0 Å². The van der Waals surface area contributed by atoms with Gasteiger partial charge in [0.1, 0.15) is 11.5 Å². The third kappa shape index (κ3) is 3.61. The summed E-state index contributed by atoms with van der Waals surface area (Å²) in [6.07, 6.45) is 0.987. The number of carbonyl (C=O) groups excluding carboxylic acids is 1. The monoisotopic (exact) mass is 264 g/mol. The second-order valence-electron chi connectivity index (χ2n) is 4.70. The predicted molar refractivity (Wildman–Crippen MR) is 72.2 cm³/mol. The minimum atomic E-state index is 0.0127. The Balaban J connectivity index is 1.83. The molecule has 2 N–H and O–H groups in total. The summed E-state index contributed by atoms with van der Waals surface area (Å²) in [5.41, 5.74) is 5.61. The van der Waals surface area contributed by atoms with E-state index >= 15 is 0 Å². The Kier molecular flexibility index (Phi) is 4.63. The molecule has 1 heterocycles. The average Bonchev–Trinajstić information content (AvgIpc) is 2.94. The molecule has 0 saturated carbocycles. The largest absolute Gasteiger partial charge is 0.497 e. The van der Waals surface area contributed by atoms with Crippen LogP contribution in [0.4, 0.5) is 0 Å². The Morgan fingerprint density at radius 1 is 1.47 bits per heavy atom. The van der Waals surface area contributed by atoms with E-state index in [1.807, 2.05) is 23.1 Å². The first-order valence-corrected chi connectivity index (χ1v) is 6.47. The van der Waals surface area contributed by atoms with Gasteiger partial charge >= 0.3 is 0 Å². The van der Waals surface area contributed by atoms with Gasteiger partial charge in [0.15, 0.2) is 6.61 Å². The summed E-state index contributed by atoms with van der Waals surface area (Å²) in [4.78, 5) is 13.8. The van der Waals surface area contributed by atoms with Crippen LogP contribution >= 0.6 is 0 Å². The smallest absolute Gasteiger partial charge is 0.260 e. The Morgan fingerprint density at radius 2 is 2.26 bits per heavy atom. The number of hydrogen-bond donors (Lipinski definition) is 1. The third-order valence-corrected chi connectivity index (χ3v) is 3.38. The zero-order valence-electron chi connectivity index (χ0n) is 11.2. The highest BCUT2D eigenvalue weighted by Crippen LogP contribution is 2.19. The number of ether oxygens (including phenoxy) is 2. The Labute approximate surface area is 113 Å². The molecular formula is C14H20N2O3. The summed E-state index contributed by atoms with van der Waals surface area (Å²) in [6, 6.07) is 7.24. The zero-order valence-corrected chi connectivity index (χ0v) is 11.2. The van der Waals surface area contributed by atoms with E-state index in [0.29, 0.717) is 24.0 Å². The van der Waals surface area contributed by atoms with Crippen molar-refractivity contribution in [2.24, 2.45) is 11.7 Å². The summed E-state index contributed by atoms with van der Waals surface area (Å²) < 4.78 is 10.6. The molecule has 2 rings (SSSR count). The molecule has 104 valence electrons. The van der Waals surface area contributed by atoms with Gasteiger partial charge in [0.25, 0.3) is 5.91 Å². The van der Waals surface area contributed by atoms with E-state index in [2.05, 4.69) is 0 Å². The number of rotatable bonds is 5. The van der Waals surface area contributed by atoms with E-state index in [0.717, 1.165) is 19.5 Å². The number of nitrogens with zero attached hydrogens (tertiary/aromatic N) is 1. The van der Waals surface area contributed by atoms with Crippen molar-refractivity contribution >= 4 is 5.91 Å². The summed E-state index contributed by atoms with van der Waals surface area (Å²) in [7, 11) is 1.60. The first-order chi connectivity index (χ1) is 9.22. The quantitative estimate of drug-likeness (QED) is 0.857. The van der Waals surface area contributed by atoms with E-state index in [9.17, 15) is 4.79 Å². The Bertz CT molecular complexity index is 436. The Morgan fingerprint density at radius 3 is 2.95 bits per heavy atom. The second-order valence-corrected chi connectivity index (χ2v) is 4.70. The van der Waals surface area contributed by atoms with E-state index in [-0.39, 0.29) is 12.5 Å². The number of benzene rings is 1. The van der Waals surface area contributed by atoms with Gasteiger partial charge in [-0.05, 0) is 31.0 Å². The molecule has 5 nitrogen and oxygen atoms in total. The molecule has 0 unspecified atom stereocenters. The summed E-state index contributed by atoms with van der Waals surface area (Å²) >= 11 is 0. The van der Waals surface area contributed by atoms with E-state index < -0.39 is 0 Å². The molecule has 1 amide bonds. The van der Waals surface area contributed by atoms with E-state index in [4.69, 9.17) is 15.2 Å². The van der Waals surface area contributed by atoms with Crippen LogP contribution in [0, 0.1) is 5.92 Å². The third-order valence-electron chi connectivity index (χ3n) is 3.38. The molecule has 1 fully saturated rings. The maximum Gasteiger partial charge on any atom is 0.260 e. The van der Waals surface area contributed by atoms with Crippen molar-refractivity contribution in [3.8, 4) is 11.5 Å². The van der Waals surface area contributed by atoms with E-state index in [1.165, 1.54) is 0 Å². The lowest BCUT2D eigenvalue weighted by Crippen LogP contribution is -2.33. The van der Waals surface area contributed by atoms with Crippen molar-refractivity contribution in [3.05, 3.63) is 24.3 Å². The molecule has 1 saturated heterocycles. The maximum atomic E-state index is 12.0. The van der Waals surface area contributed by atoms with Gasteiger partial charge in [-0.2, -0.15) is 0 Å². The Hall–Kier alpha value is -1.75. The molecular weight excluding hydrogens is 244 g/mol. The number of likely N-dealkylation sites (tertiary alicyclic amines) is 1. The predicted octanol–water partition coefficient (Wildman–Crippen LogP) is 0.881. The van der Waals surface area contributed by atoms with Crippen LogP contribution in [0.5, 0.6) is 11.5 Å². The van der Waals surface area contributed by atoms with Crippen molar-refractivity contribution < 1.29 is 14.3 Å². The highest BCUT2D eigenvalue weighted by atomic mass is 16.5. The minimum Gasteiger partial charge on any atom is -0.497 e. The number of hydrogen-bond acceptors (Lipinski definition) is 4. The van der Waals surface area contributed by atoms with Gasteiger partial charge in [-0.15, -0.1) is 0 Å². The molecule has 0 aromatic heterocycles. The standard InChI is InChI=1S/C14H20N2O3/c1-18-12-3-2-4-13(7-12)19-10-14(17)16-6-5-11(8-15)9-16/h2-4,7,11H,5-6,8-10,15H2,1H3/t11-/m0/s1. The fraction of sp³-hybridized carbons (Fsp3) is 0.500. The lowest BCUT2D eigenvalue weighted by molar-refractivity contribution is -0.132. The lowest BCUT2D eigenvalue weighted by Gasteiger charge is -2.16. The molecule has 0 bridgehead atoms. The molecule has 1 aliphatic heterocycles. The molecule has 0 radical (unpaired) electrons. The fourth-order valence-corrected chi connectivity index (χ4v) is 2.18. The molecule has 0 spiro atoms. The topological polar surface area (TPSA) is 64.8 Å². The maximum absolute atomic E-state index is 12.0. The molecule has 1 aliphatic rings. The SMILES string of the molecule is COc1cccc(OCC(=O)N2CC[C@@H](CN)C2)c1. The number of nitrogens with two attached hydrogens (primary N) is 1. The van der Waals surface area contributed by atoms with Crippen LogP contribution in [-0.2, 0) is 4.79 Å². The first-order valence-electron chi connectivity index (χ1n) is 6.47. The number of methoxy groups -OCH3 is 1. The van der Waals surface area contributed by atoms with Crippen LogP contribution in [-0.4, -0.2) is 44.2 Å². The normalized spacial score (nSPS) is 18.4. The second kappa shape index (κ2) is 6.43. The zero-order chi connectivity index (χ0) is 13.7. The van der Waals surface area contributed by atoms with Gasteiger partial charge in [-0.25, -0.2) is 0 Å². The van der Waals surface area contributed by atoms with Gasteiger partial charge in [-0.3, -0.25) is 4.79 Å². The molecule has 19 heavy (non-hydrogen) atoms. The van der Waals surface area contributed by atoms with E-state index in [1.54, 1.807) is 13.2 Å². The van der Waals surface area contributed by atoms with Crippen molar-refractivity contribution in [1.29, 1.82) is 0 Å². The van der Waals surface area contributed by atoms with Crippen LogP contribution in [0.15, 0.2) is 24.3 Å². The molecule has 5 heteroatoms. The van der Waals surface area contributed by atoms with Gasteiger partial charge in [0, 0.05) is 19.2 Å². The number of carbonyl (C=O) groups is 1. The van der Waals surface area contributed by atoms with Crippen molar-refractivity contribution in [1.82, 2.24) is 4.90 Å². The van der Waals surface area contributed by atoms with Crippen molar-refractivity contribution in [3.63, 3.8) is 0 Å². The highest BCUT2D eigenvalue weighted by molar-refractivity contribution is 5.78. The van der Waals surface area contributed by atoms with Crippen LogP contribution < -0.4 is 15.2 Å². The lowest BCUT2D eigenvalue weighted by atomic mass is 10.1. The molecule has 1 aromatic rings. The van der Waals surface area contributed by atoms with Crippen LogP contribution in [0.1, 0.15) is 6.42 Å². The van der Waals surface area contributed by atoms with Gasteiger partial charge < -0.3 is 20.1 Å². The molecule has 1 atom stereocenters.